The molecule has 35 heavy (non-hydrogen) atoms. The Kier molecular flexibility index (Phi) is 6.82. The van der Waals surface area contributed by atoms with Gasteiger partial charge in [-0.15, -0.1) is 0 Å². The Bertz CT molecular complexity index is 1360. The van der Waals surface area contributed by atoms with Crippen LogP contribution in [0.1, 0.15) is 26.3 Å². The first-order valence-electron chi connectivity index (χ1n) is 10.9. The number of benzene rings is 3. The number of amides is 2. The van der Waals surface area contributed by atoms with E-state index in [1.54, 1.807) is 67.4 Å². The first-order valence-corrected chi connectivity index (χ1v) is 10.9. The number of nitrogens with two attached hydrogens (primary N) is 1. The van der Waals surface area contributed by atoms with Crippen molar-refractivity contribution in [3.63, 3.8) is 0 Å². The van der Waals surface area contributed by atoms with Crippen LogP contribution in [-0.2, 0) is 6.54 Å². The number of methoxy groups -OCH3 is 2. The van der Waals surface area contributed by atoms with Gasteiger partial charge in [0.05, 0.1) is 25.5 Å². The lowest BCUT2D eigenvalue weighted by atomic mass is 10.1. The Hall–Kier alpha value is -4.59. The second kappa shape index (κ2) is 10.1. The molecule has 0 fully saturated rings. The third-order valence-electron chi connectivity index (χ3n) is 5.61. The fourth-order valence-electron chi connectivity index (χ4n) is 3.81. The number of para-hydroxylation sites is 1. The summed E-state index contributed by atoms with van der Waals surface area (Å²) >= 11 is 0. The van der Waals surface area contributed by atoms with Gasteiger partial charge in [0.15, 0.2) is 0 Å². The van der Waals surface area contributed by atoms with Crippen molar-refractivity contribution in [1.82, 2.24) is 14.7 Å². The van der Waals surface area contributed by atoms with Gasteiger partial charge in [-0.1, -0.05) is 30.3 Å². The van der Waals surface area contributed by atoms with E-state index in [1.165, 1.54) is 0 Å². The minimum absolute atomic E-state index is 0.232. The summed E-state index contributed by atoms with van der Waals surface area (Å²) in [6, 6.07) is 21.8. The van der Waals surface area contributed by atoms with E-state index in [9.17, 15) is 9.59 Å². The molecule has 3 aromatic carbocycles. The number of nitrogens with zero attached hydrogens (tertiary/aromatic N) is 3. The van der Waals surface area contributed by atoms with Crippen molar-refractivity contribution in [2.45, 2.75) is 6.54 Å². The number of hydrogen-bond donors (Lipinski definition) is 1. The quantitative estimate of drug-likeness (QED) is 0.421. The number of carbonyl (C=O) groups is 2. The van der Waals surface area contributed by atoms with Gasteiger partial charge in [0.2, 0.25) is 5.91 Å². The lowest BCUT2D eigenvalue weighted by Crippen LogP contribution is -2.26. The summed E-state index contributed by atoms with van der Waals surface area (Å²) in [5.74, 6) is 0.421. The molecule has 0 saturated carbocycles. The molecule has 0 aliphatic heterocycles. The smallest absolute Gasteiger partial charge is 0.257 e. The summed E-state index contributed by atoms with van der Waals surface area (Å²) in [4.78, 5) is 26.8. The molecule has 2 amide bonds. The van der Waals surface area contributed by atoms with Crippen LogP contribution in [0.4, 0.5) is 0 Å². The van der Waals surface area contributed by atoms with E-state index in [0.717, 1.165) is 11.3 Å². The highest BCUT2D eigenvalue weighted by Crippen LogP contribution is 2.35. The van der Waals surface area contributed by atoms with Gasteiger partial charge >= 0.3 is 0 Å². The minimum atomic E-state index is -0.515. The van der Waals surface area contributed by atoms with Gasteiger partial charge in [-0.05, 0) is 42.0 Å². The van der Waals surface area contributed by atoms with Crippen molar-refractivity contribution in [2.75, 3.05) is 21.3 Å². The highest BCUT2D eigenvalue weighted by molar-refractivity contribution is 6.00. The third kappa shape index (κ3) is 5.01. The molecule has 0 aliphatic carbocycles. The van der Waals surface area contributed by atoms with E-state index in [1.807, 2.05) is 42.5 Å². The third-order valence-corrected chi connectivity index (χ3v) is 5.61. The average molecular weight is 471 g/mol. The van der Waals surface area contributed by atoms with Crippen molar-refractivity contribution in [2.24, 2.45) is 5.73 Å². The Balaban J connectivity index is 1.76. The van der Waals surface area contributed by atoms with Crippen LogP contribution in [0.25, 0.3) is 16.9 Å². The van der Waals surface area contributed by atoms with Gasteiger partial charge in [0, 0.05) is 37.0 Å². The number of aromatic nitrogens is 2. The van der Waals surface area contributed by atoms with E-state index < -0.39 is 5.91 Å². The standard InChI is InChI=1S/C27H26N4O4/c1-30(16-18-8-7-9-19(14-18)26(28)32)27(33)23-17-31(20-10-5-4-6-11-20)29-25(23)22-13-12-21(34-2)15-24(22)35-3/h4-15,17H,16H2,1-3H3,(H2,28,32). The van der Waals surface area contributed by atoms with Gasteiger partial charge in [-0.25, -0.2) is 4.68 Å². The van der Waals surface area contributed by atoms with E-state index in [-0.39, 0.29) is 12.5 Å². The highest BCUT2D eigenvalue weighted by atomic mass is 16.5. The maximum absolute atomic E-state index is 13.6. The van der Waals surface area contributed by atoms with Crippen LogP contribution in [0.3, 0.4) is 0 Å². The molecule has 8 nitrogen and oxygen atoms in total. The van der Waals surface area contributed by atoms with Crippen LogP contribution < -0.4 is 15.2 Å². The lowest BCUT2D eigenvalue weighted by molar-refractivity contribution is 0.0785. The zero-order valence-electron chi connectivity index (χ0n) is 19.8. The molecule has 4 aromatic rings. The molecule has 0 saturated heterocycles. The second-order valence-electron chi connectivity index (χ2n) is 7.96. The Morgan fingerprint density at radius 2 is 1.74 bits per heavy atom. The molecule has 4 rings (SSSR count). The van der Waals surface area contributed by atoms with Gasteiger partial charge in [-0.3, -0.25) is 9.59 Å². The zero-order valence-corrected chi connectivity index (χ0v) is 19.8. The summed E-state index contributed by atoms with van der Waals surface area (Å²) in [5.41, 5.74) is 8.95. The zero-order chi connectivity index (χ0) is 24.9. The molecule has 0 bridgehead atoms. The molecule has 0 radical (unpaired) electrons. The lowest BCUT2D eigenvalue weighted by Gasteiger charge is -2.18. The monoisotopic (exact) mass is 470 g/mol. The molecule has 0 spiro atoms. The largest absolute Gasteiger partial charge is 0.497 e. The number of ether oxygens (including phenoxy) is 2. The van der Waals surface area contributed by atoms with Crippen LogP contribution in [0.5, 0.6) is 11.5 Å². The van der Waals surface area contributed by atoms with E-state index in [4.69, 9.17) is 20.3 Å². The van der Waals surface area contributed by atoms with Crippen LogP contribution in [0, 0.1) is 0 Å². The predicted molar refractivity (Wildman–Crippen MR) is 133 cm³/mol. The summed E-state index contributed by atoms with van der Waals surface area (Å²) in [6.07, 6.45) is 1.72. The van der Waals surface area contributed by atoms with Crippen molar-refractivity contribution >= 4 is 11.8 Å². The second-order valence-corrected chi connectivity index (χ2v) is 7.96. The average Bonchev–Trinajstić information content (AvgIpc) is 3.33. The fraction of sp³-hybridized carbons (Fsp3) is 0.148. The maximum atomic E-state index is 13.6. The van der Waals surface area contributed by atoms with Crippen molar-refractivity contribution in [3.05, 3.63) is 95.7 Å². The summed E-state index contributed by atoms with van der Waals surface area (Å²) in [7, 11) is 4.84. The molecule has 1 heterocycles. The van der Waals surface area contributed by atoms with Crippen LogP contribution in [-0.4, -0.2) is 47.8 Å². The molecular formula is C27H26N4O4. The topological polar surface area (TPSA) is 99.7 Å². The summed E-state index contributed by atoms with van der Waals surface area (Å²) in [5, 5.41) is 4.75. The van der Waals surface area contributed by atoms with Gasteiger partial charge in [-0.2, -0.15) is 5.10 Å². The molecule has 2 N–H and O–H groups in total. The number of carbonyl (C=O) groups excluding carboxylic acids is 2. The molecule has 178 valence electrons. The highest BCUT2D eigenvalue weighted by Gasteiger charge is 2.24. The Morgan fingerprint density at radius 3 is 2.43 bits per heavy atom. The van der Waals surface area contributed by atoms with Crippen molar-refractivity contribution < 1.29 is 19.1 Å². The Morgan fingerprint density at radius 1 is 0.971 bits per heavy atom. The Labute approximate surface area is 203 Å². The van der Waals surface area contributed by atoms with Gasteiger partial charge in [0.1, 0.15) is 17.2 Å². The van der Waals surface area contributed by atoms with Crippen molar-refractivity contribution in [1.29, 1.82) is 0 Å². The maximum Gasteiger partial charge on any atom is 0.257 e. The van der Waals surface area contributed by atoms with Gasteiger partial charge in [0.25, 0.3) is 5.91 Å². The molecule has 0 unspecified atom stereocenters. The molecular weight excluding hydrogens is 444 g/mol. The number of hydrogen-bond acceptors (Lipinski definition) is 5. The predicted octanol–water partition coefficient (Wildman–Crippen LogP) is 3.93. The summed E-state index contributed by atoms with van der Waals surface area (Å²) < 4.78 is 12.6. The first-order chi connectivity index (χ1) is 16.9. The minimum Gasteiger partial charge on any atom is -0.497 e. The van der Waals surface area contributed by atoms with Crippen LogP contribution in [0.15, 0.2) is 79.0 Å². The van der Waals surface area contributed by atoms with E-state index in [0.29, 0.717) is 33.9 Å². The van der Waals surface area contributed by atoms with Crippen molar-refractivity contribution in [3.8, 4) is 28.4 Å². The molecule has 0 atom stereocenters. The van der Waals surface area contributed by atoms with Crippen LogP contribution in [0.2, 0.25) is 0 Å². The fourth-order valence-corrected chi connectivity index (χ4v) is 3.81. The normalized spacial score (nSPS) is 10.6. The SMILES string of the molecule is COc1ccc(-c2nn(-c3ccccc3)cc2C(=O)N(C)Cc2cccc(C(N)=O)c2)c(OC)c1. The number of rotatable bonds is 8. The first kappa shape index (κ1) is 23.6. The molecule has 8 heteroatoms. The van der Waals surface area contributed by atoms with Gasteiger partial charge < -0.3 is 20.1 Å². The van der Waals surface area contributed by atoms with Crippen LogP contribution >= 0.6 is 0 Å². The molecule has 1 aromatic heterocycles. The number of primary amides is 1. The summed E-state index contributed by atoms with van der Waals surface area (Å²) in [6.45, 7) is 0.287. The molecule has 0 aliphatic rings. The van der Waals surface area contributed by atoms with E-state index in [2.05, 4.69) is 0 Å². The van der Waals surface area contributed by atoms with E-state index >= 15 is 0 Å².